The lowest BCUT2D eigenvalue weighted by Gasteiger charge is -2.25. The largest absolute Gasteiger partial charge is 0.497 e. The second kappa shape index (κ2) is 6.93. The van der Waals surface area contributed by atoms with E-state index in [-0.39, 0.29) is 17.4 Å². The van der Waals surface area contributed by atoms with E-state index in [1.165, 1.54) is 0 Å². The number of amides is 1. The Morgan fingerprint density at radius 3 is 2.79 bits per heavy atom. The number of carbonyl (C=O) groups excluding carboxylic acids is 1. The minimum absolute atomic E-state index is 0.0167. The van der Waals surface area contributed by atoms with Gasteiger partial charge in [0, 0.05) is 29.8 Å². The maximum absolute atomic E-state index is 13.2. The minimum atomic E-state index is -0.0588. The quantitative estimate of drug-likeness (QED) is 0.691. The Balaban J connectivity index is 1.72. The van der Waals surface area contributed by atoms with Crippen molar-refractivity contribution in [1.82, 2.24) is 19.5 Å². The number of likely N-dealkylation sites (tertiary alicyclic amines) is 1. The highest BCUT2D eigenvalue weighted by Gasteiger charge is 2.33. The molecule has 6 nitrogen and oxygen atoms in total. The van der Waals surface area contributed by atoms with Gasteiger partial charge in [-0.3, -0.25) is 4.79 Å². The van der Waals surface area contributed by atoms with Gasteiger partial charge in [0.2, 0.25) is 0 Å². The number of carbonyl (C=O) groups is 1. The molecule has 0 saturated carbocycles. The maximum atomic E-state index is 13.2. The summed E-state index contributed by atoms with van der Waals surface area (Å²) in [6, 6.07) is 11.3. The van der Waals surface area contributed by atoms with Gasteiger partial charge < -0.3 is 9.64 Å². The molecule has 0 spiro atoms. The molecule has 1 atom stereocenters. The third-order valence-electron chi connectivity index (χ3n) is 5.33. The molecular weight excluding hydrogens is 352 g/mol. The van der Waals surface area contributed by atoms with Crippen LogP contribution in [-0.4, -0.2) is 39.1 Å². The molecule has 4 rings (SSSR count). The van der Waals surface area contributed by atoms with Crippen LogP contribution in [0.3, 0.4) is 0 Å². The van der Waals surface area contributed by atoms with Gasteiger partial charge in [-0.1, -0.05) is 26.8 Å². The van der Waals surface area contributed by atoms with Gasteiger partial charge in [-0.15, -0.1) is 0 Å². The number of benzene rings is 1. The van der Waals surface area contributed by atoms with Crippen LogP contribution in [0.25, 0.3) is 5.65 Å². The van der Waals surface area contributed by atoms with Crippen molar-refractivity contribution in [3.8, 4) is 5.75 Å². The number of fused-ring (bicyclic) bond motifs is 1. The zero-order chi connectivity index (χ0) is 19.9. The topological polar surface area (TPSA) is 59.7 Å². The van der Waals surface area contributed by atoms with Gasteiger partial charge in [-0.2, -0.15) is 5.10 Å². The van der Waals surface area contributed by atoms with Crippen LogP contribution in [0.4, 0.5) is 0 Å². The number of rotatable bonds is 3. The summed E-state index contributed by atoms with van der Waals surface area (Å²) in [5.74, 6) is 0.712. The van der Waals surface area contributed by atoms with E-state index in [9.17, 15) is 4.79 Å². The number of hydrogen-bond donors (Lipinski definition) is 0. The van der Waals surface area contributed by atoms with Crippen LogP contribution < -0.4 is 4.74 Å². The molecule has 2 aromatic heterocycles. The molecular formula is C22H26N4O2. The van der Waals surface area contributed by atoms with Gasteiger partial charge in [-0.05, 0) is 37.1 Å². The van der Waals surface area contributed by atoms with Gasteiger partial charge in [0.25, 0.3) is 5.91 Å². The Hall–Kier alpha value is -2.89. The first-order chi connectivity index (χ1) is 13.4. The molecule has 0 radical (unpaired) electrons. The molecule has 1 amide bonds. The van der Waals surface area contributed by atoms with Crippen LogP contribution in [-0.2, 0) is 5.41 Å². The van der Waals surface area contributed by atoms with Gasteiger partial charge in [0.15, 0.2) is 5.65 Å². The van der Waals surface area contributed by atoms with Gasteiger partial charge in [0.1, 0.15) is 5.75 Å². The molecule has 1 aromatic carbocycles. The van der Waals surface area contributed by atoms with Crippen molar-refractivity contribution in [2.24, 2.45) is 0 Å². The first-order valence-corrected chi connectivity index (χ1v) is 9.68. The zero-order valence-corrected chi connectivity index (χ0v) is 16.8. The van der Waals surface area contributed by atoms with Crippen LogP contribution in [0.15, 0.2) is 42.6 Å². The molecule has 28 heavy (non-hydrogen) atoms. The molecule has 1 fully saturated rings. The van der Waals surface area contributed by atoms with Crippen LogP contribution in [0.2, 0.25) is 0 Å². The van der Waals surface area contributed by atoms with E-state index in [0.29, 0.717) is 11.3 Å². The Morgan fingerprint density at radius 1 is 1.21 bits per heavy atom. The molecule has 3 aromatic rings. The molecule has 1 aliphatic rings. The van der Waals surface area contributed by atoms with E-state index in [4.69, 9.17) is 9.84 Å². The monoisotopic (exact) mass is 378 g/mol. The molecule has 146 valence electrons. The summed E-state index contributed by atoms with van der Waals surface area (Å²) in [5, 5.41) is 4.82. The van der Waals surface area contributed by atoms with Crippen molar-refractivity contribution in [2.45, 2.75) is 45.1 Å². The van der Waals surface area contributed by atoms with E-state index in [0.717, 1.165) is 36.4 Å². The van der Waals surface area contributed by atoms with Gasteiger partial charge >= 0.3 is 0 Å². The number of nitrogens with zero attached hydrogens (tertiary/aromatic N) is 4. The van der Waals surface area contributed by atoms with Crippen molar-refractivity contribution >= 4 is 11.6 Å². The molecule has 0 aliphatic carbocycles. The zero-order valence-electron chi connectivity index (χ0n) is 16.8. The Kier molecular flexibility index (Phi) is 4.57. The summed E-state index contributed by atoms with van der Waals surface area (Å²) >= 11 is 0. The van der Waals surface area contributed by atoms with Gasteiger partial charge in [0.05, 0.1) is 24.5 Å². The molecule has 3 heterocycles. The summed E-state index contributed by atoms with van der Waals surface area (Å²) in [5.41, 5.74) is 3.41. The average molecular weight is 378 g/mol. The second-order valence-electron chi connectivity index (χ2n) is 8.31. The molecule has 1 saturated heterocycles. The summed E-state index contributed by atoms with van der Waals surface area (Å²) in [4.78, 5) is 19.6. The highest BCUT2D eigenvalue weighted by atomic mass is 16.5. The minimum Gasteiger partial charge on any atom is -0.497 e. The van der Waals surface area contributed by atoms with Crippen LogP contribution in [0, 0.1) is 0 Å². The highest BCUT2D eigenvalue weighted by molar-refractivity contribution is 5.95. The van der Waals surface area contributed by atoms with E-state index in [1.54, 1.807) is 13.2 Å². The third kappa shape index (κ3) is 3.23. The fourth-order valence-corrected chi connectivity index (χ4v) is 3.77. The Bertz CT molecular complexity index is 1020. The van der Waals surface area contributed by atoms with Crippen LogP contribution in [0.1, 0.15) is 61.4 Å². The van der Waals surface area contributed by atoms with Gasteiger partial charge in [-0.25, -0.2) is 9.50 Å². The number of ether oxygens (including phenoxy) is 1. The first kappa shape index (κ1) is 18.5. The maximum Gasteiger partial charge on any atom is 0.254 e. The van der Waals surface area contributed by atoms with Crippen molar-refractivity contribution in [1.29, 1.82) is 0 Å². The molecule has 0 N–H and O–H groups in total. The molecule has 6 heteroatoms. The van der Waals surface area contributed by atoms with E-state index in [1.807, 2.05) is 45.9 Å². The fraction of sp³-hybridized carbons (Fsp3) is 0.409. The number of aromatic nitrogens is 3. The lowest BCUT2D eigenvalue weighted by Crippen LogP contribution is -2.31. The molecule has 0 bridgehead atoms. The summed E-state index contributed by atoms with van der Waals surface area (Å²) in [6.07, 6.45) is 3.70. The van der Waals surface area contributed by atoms with Crippen LogP contribution >= 0.6 is 0 Å². The van der Waals surface area contributed by atoms with E-state index >= 15 is 0 Å². The predicted octanol–water partition coefficient (Wildman–Crippen LogP) is 4.01. The van der Waals surface area contributed by atoms with Crippen LogP contribution in [0.5, 0.6) is 5.75 Å². The number of hydrogen-bond acceptors (Lipinski definition) is 4. The van der Waals surface area contributed by atoms with Crippen molar-refractivity contribution in [2.75, 3.05) is 13.7 Å². The van der Waals surface area contributed by atoms with E-state index < -0.39 is 0 Å². The molecule has 1 aliphatic heterocycles. The lowest BCUT2D eigenvalue weighted by molar-refractivity contribution is 0.0731. The molecule has 0 unspecified atom stereocenters. The summed E-state index contributed by atoms with van der Waals surface area (Å²) < 4.78 is 7.18. The lowest BCUT2D eigenvalue weighted by atomic mass is 9.93. The van der Waals surface area contributed by atoms with Crippen molar-refractivity contribution in [3.63, 3.8) is 0 Å². The van der Waals surface area contributed by atoms with Crippen molar-refractivity contribution in [3.05, 3.63) is 59.5 Å². The fourth-order valence-electron chi connectivity index (χ4n) is 3.77. The Morgan fingerprint density at radius 2 is 2.04 bits per heavy atom. The smallest absolute Gasteiger partial charge is 0.254 e. The SMILES string of the molecule is COc1cccc(C(=O)N2CCC[C@H]2c2ccnc3cc(C(C)(C)C)nn23)c1. The van der Waals surface area contributed by atoms with Crippen molar-refractivity contribution < 1.29 is 9.53 Å². The predicted molar refractivity (Wildman–Crippen MR) is 108 cm³/mol. The third-order valence-corrected chi connectivity index (χ3v) is 5.33. The number of methoxy groups -OCH3 is 1. The highest BCUT2D eigenvalue weighted by Crippen LogP contribution is 2.34. The Labute approximate surface area is 165 Å². The summed E-state index contributed by atoms with van der Waals surface area (Å²) in [6.45, 7) is 7.16. The standard InChI is InChI=1S/C22H26N4O2/c1-22(2,3)19-14-20-23-11-10-18(26(20)24-19)17-9-6-12-25(17)21(27)15-7-5-8-16(13-15)28-4/h5,7-8,10-11,13-14,17H,6,9,12H2,1-4H3/t17-/m0/s1. The second-order valence-corrected chi connectivity index (χ2v) is 8.31. The normalized spacial score (nSPS) is 17.3. The first-order valence-electron chi connectivity index (χ1n) is 9.68. The average Bonchev–Trinajstić information content (AvgIpc) is 3.34. The van der Waals surface area contributed by atoms with E-state index in [2.05, 4.69) is 25.8 Å². The summed E-state index contributed by atoms with van der Waals surface area (Å²) in [7, 11) is 1.61.